The van der Waals surface area contributed by atoms with Gasteiger partial charge in [0.2, 0.25) is 17.7 Å². The third-order valence-corrected chi connectivity index (χ3v) is 13.8. The van der Waals surface area contributed by atoms with Gasteiger partial charge < -0.3 is 38.8 Å². The number of methoxy groups -OCH3 is 1. The van der Waals surface area contributed by atoms with Crippen molar-refractivity contribution in [3.63, 3.8) is 0 Å². The van der Waals surface area contributed by atoms with Crippen molar-refractivity contribution in [3.05, 3.63) is 60.4 Å². The van der Waals surface area contributed by atoms with Crippen molar-refractivity contribution in [1.82, 2.24) is 35.1 Å². The van der Waals surface area contributed by atoms with Crippen LogP contribution in [0.1, 0.15) is 91.0 Å². The van der Waals surface area contributed by atoms with Crippen molar-refractivity contribution in [2.45, 2.75) is 117 Å². The van der Waals surface area contributed by atoms with Crippen LogP contribution in [0, 0.1) is 17.3 Å². The van der Waals surface area contributed by atoms with E-state index in [0.717, 1.165) is 52.1 Å². The highest BCUT2D eigenvalue weighted by Gasteiger charge is 2.41. The molecule has 16 nitrogen and oxygen atoms in total. The summed E-state index contributed by atoms with van der Waals surface area (Å²) in [5, 5.41) is 5.61. The predicted octanol–water partition coefficient (Wildman–Crippen LogP) is 5.04. The van der Waals surface area contributed by atoms with Crippen LogP contribution >= 0.6 is 0 Å². The topological polar surface area (TPSA) is 168 Å². The molecule has 6 atom stereocenters. The van der Waals surface area contributed by atoms with Crippen molar-refractivity contribution in [2.75, 3.05) is 65.0 Å². The number of anilines is 1. The number of carbonyl (C=O) groups excluding carboxylic acids is 5. The van der Waals surface area contributed by atoms with Crippen LogP contribution < -0.4 is 15.6 Å². The Labute approximate surface area is 389 Å². The molecular formula is C50H70N8O8. The van der Waals surface area contributed by atoms with Gasteiger partial charge in [-0.15, -0.1) is 0 Å². The number of aromatic nitrogens is 2. The van der Waals surface area contributed by atoms with Crippen molar-refractivity contribution in [3.8, 4) is 11.3 Å². The number of aryl methyl sites for hydroxylation is 1. The monoisotopic (exact) mass is 911 g/mol. The molecule has 3 fully saturated rings. The lowest BCUT2D eigenvalue weighted by Gasteiger charge is -2.38. The lowest BCUT2D eigenvalue weighted by molar-refractivity contribution is -0.156. The Hall–Kier alpha value is -5.32. The minimum atomic E-state index is -1.06. The molecule has 2 aromatic heterocycles. The number of ether oxygens (including phenoxy) is 3. The number of hydrazine groups is 1. The molecule has 4 aliphatic heterocycles. The van der Waals surface area contributed by atoms with Crippen LogP contribution in [0.25, 0.3) is 22.2 Å². The first-order valence-electron chi connectivity index (χ1n) is 23.8. The Balaban J connectivity index is 1.26. The number of nitrogens with one attached hydrogen (secondary N) is 2. The summed E-state index contributed by atoms with van der Waals surface area (Å²) in [5.41, 5.74) is 8.77. The number of carbonyl (C=O) groups is 5. The molecule has 0 saturated carbocycles. The van der Waals surface area contributed by atoms with Crippen molar-refractivity contribution in [2.24, 2.45) is 17.3 Å². The van der Waals surface area contributed by atoms with E-state index < -0.39 is 53.3 Å². The number of pyridine rings is 1. The predicted molar refractivity (Wildman–Crippen MR) is 252 cm³/mol. The summed E-state index contributed by atoms with van der Waals surface area (Å²) in [6.45, 7) is 19.2. The van der Waals surface area contributed by atoms with Gasteiger partial charge in [-0.1, -0.05) is 34.3 Å². The van der Waals surface area contributed by atoms with Gasteiger partial charge in [0.1, 0.15) is 18.1 Å². The van der Waals surface area contributed by atoms with Gasteiger partial charge in [-0.2, -0.15) is 0 Å². The fraction of sp³-hybridized carbons (Fsp3) is 0.600. The summed E-state index contributed by atoms with van der Waals surface area (Å²) in [5.74, 6) is -2.57. The molecule has 66 heavy (non-hydrogen) atoms. The minimum absolute atomic E-state index is 0.139. The number of rotatable bonds is 10. The number of benzene rings is 1. The van der Waals surface area contributed by atoms with Gasteiger partial charge in [0.25, 0.3) is 5.91 Å². The number of nitrogens with zero attached hydrogens (tertiary/aromatic N) is 6. The van der Waals surface area contributed by atoms with Crippen molar-refractivity contribution >= 4 is 46.2 Å². The second-order valence-corrected chi connectivity index (χ2v) is 19.6. The van der Waals surface area contributed by atoms with Gasteiger partial charge in [0.05, 0.1) is 36.1 Å². The average molecular weight is 911 g/mol. The maximum Gasteiger partial charge on any atom is 0.324 e. The summed E-state index contributed by atoms with van der Waals surface area (Å²) in [7, 11) is 3.31. The van der Waals surface area contributed by atoms with Crippen molar-refractivity contribution < 1.29 is 38.2 Å². The van der Waals surface area contributed by atoms with E-state index in [1.807, 2.05) is 26.8 Å². The maximum atomic E-state index is 14.8. The molecule has 16 heteroatoms. The minimum Gasteiger partial charge on any atom is -0.464 e. The van der Waals surface area contributed by atoms with Gasteiger partial charge in [-0.05, 0) is 93.8 Å². The lowest BCUT2D eigenvalue weighted by atomic mass is 9.84. The van der Waals surface area contributed by atoms with Crippen LogP contribution in [0.5, 0.6) is 0 Å². The molecule has 7 rings (SSSR count). The normalized spacial score (nSPS) is 23.7. The highest BCUT2D eigenvalue weighted by atomic mass is 16.5. The molecule has 6 heterocycles. The quantitative estimate of drug-likeness (QED) is 0.207. The summed E-state index contributed by atoms with van der Waals surface area (Å²) < 4.78 is 20.8. The van der Waals surface area contributed by atoms with E-state index in [0.29, 0.717) is 58.5 Å². The third kappa shape index (κ3) is 10.3. The molecular weight excluding hydrogens is 841 g/mol. The Bertz CT molecular complexity index is 2290. The van der Waals surface area contributed by atoms with Gasteiger partial charge in [-0.25, -0.2) is 5.43 Å². The Kier molecular flexibility index (Phi) is 15.2. The number of likely N-dealkylation sites (tertiary alicyclic amines) is 1. The Morgan fingerprint density at radius 1 is 1.09 bits per heavy atom. The average Bonchev–Trinajstić information content (AvgIpc) is 3.84. The fourth-order valence-corrected chi connectivity index (χ4v) is 10.3. The van der Waals surface area contributed by atoms with Crippen LogP contribution in [0.15, 0.2) is 49.2 Å². The summed E-state index contributed by atoms with van der Waals surface area (Å²) in [6, 6.07) is 7.91. The molecule has 6 bridgehead atoms. The fourth-order valence-electron chi connectivity index (χ4n) is 10.3. The summed E-state index contributed by atoms with van der Waals surface area (Å²) in [4.78, 5) is 79.7. The highest BCUT2D eigenvalue weighted by molar-refractivity contribution is 5.95. The Morgan fingerprint density at radius 3 is 2.61 bits per heavy atom. The van der Waals surface area contributed by atoms with E-state index in [1.54, 1.807) is 25.3 Å². The van der Waals surface area contributed by atoms with Gasteiger partial charge in [0, 0.05) is 100 Å². The Morgan fingerprint density at radius 2 is 1.88 bits per heavy atom. The first kappa shape index (κ1) is 48.6. The number of amides is 4. The zero-order valence-corrected chi connectivity index (χ0v) is 40.1. The summed E-state index contributed by atoms with van der Waals surface area (Å²) in [6.07, 6.45) is 5.32. The van der Waals surface area contributed by atoms with Gasteiger partial charge in [0.15, 0.2) is 0 Å². The van der Waals surface area contributed by atoms with Crippen LogP contribution in [-0.4, -0.2) is 138 Å². The van der Waals surface area contributed by atoms with Crippen molar-refractivity contribution in [1.29, 1.82) is 0 Å². The van der Waals surface area contributed by atoms with E-state index in [9.17, 15) is 24.0 Å². The maximum absolute atomic E-state index is 14.8. The second kappa shape index (κ2) is 20.7. The highest BCUT2D eigenvalue weighted by Crippen LogP contribution is 2.42. The van der Waals surface area contributed by atoms with Crippen LogP contribution in [0.2, 0.25) is 0 Å². The van der Waals surface area contributed by atoms with Crippen LogP contribution in [0.3, 0.4) is 0 Å². The molecule has 2 N–H and O–H groups in total. The van der Waals surface area contributed by atoms with E-state index in [4.69, 9.17) is 19.2 Å². The van der Waals surface area contributed by atoms with Gasteiger partial charge in [-0.3, -0.25) is 34.0 Å². The SMILES string of the molecule is C=CC(=O)N1CC[C@H](C(=O)N(C)C(C(=O)N[C@H]2C[C@H]3CN(CCCO3)c3ccc4c(c3)c(c(-c3cccnc3[C@H](C)OC)n4CC)CC(C)(C)COC(=O)[C@@H]3CCCN(N3)C2=O)C(C)C)C1. The molecule has 0 aliphatic carbocycles. The largest absolute Gasteiger partial charge is 0.464 e. The number of cyclic esters (lactones) is 1. The van der Waals surface area contributed by atoms with Crippen LogP contribution in [-0.2, 0) is 51.1 Å². The third-order valence-electron chi connectivity index (χ3n) is 13.8. The molecule has 358 valence electrons. The summed E-state index contributed by atoms with van der Waals surface area (Å²) >= 11 is 0. The molecule has 4 aliphatic rings. The number of esters is 1. The molecule has 3 aromatic rings. The second-order valence-electron chi connectivity index (χ2n) is 19.6. The lowest BCUT2D eigenvalue weighted by Crippen LogP contribution is -2.62. The van der Waals surface area contributed by atoms with E-state index in [2.05, 4.69) is 71.8 Å². The first-order chi connectivity index (χ1) is 31.5. The number of fused-ring (bicyclic) bond motifs is 6. The molecule has 0 radical (unpaired) electrons. The van der Waals surface area contributed by atoms with Crippen LogP contribution in [0.4, 0.5) is 5.69 Å². The zero-order chi connectivity index (χ0) is 47.4. The molecule has 1 aromatic carbocycles. The molecule has 0 spiro atoms. The molecule has 3 saturated heterocycles. The van der Waals surface area contributed by atoms with E-state index in [-0.39, 0.29) is 43.4 Å². The number of likely N-dealkylation sites (N-methyl/N-ethyl adjacent to an activating group) is 1. The smallest absolute Gasteiger partial charge is 0.324 e. The number of hydrogen-bond acceptors (Lipinski definition) is 11. The van der Waals surface area contributed by atoms with E-state index in [1.165, 1.54) is 16.0 Å². The zero-order valence-electron chi connectivity index (χ0n) is 40.1. The molecule has 1 unspecified atom stereocenters. The standard InChI is InChI=1S/C50H70N8O8/c1-10-42(59)56-23-19-33(28-56)47(61)54(8)44(31(3)4)46(60)52-40-26-35-29-55(21-14-24-65-35)34-17-18-41-37(25-34)38(45(57(41)11-2)36-15-12-20-51-43(36)32(5)64-9)27-50(6,7)30-66-49(63)39-16-13-22-58(53-39)48(40)62/h10,12,15,17-18,20,25,31-33,35,39-40,44,53H,1,11,13-14,16,19,21-24,26-30H2,2-9H3,(H,52,60)/t32-,33-,35-,39-,40-,44?/m0/s1. The van der Waals surface area contributed by atoms with Gasteiger partial charge >= 0.3 is 5.97 Å². The van der Waals surface area contributed by atoms with E-state index >= 15 is 0 Å². The first-order valence-corrected chi connectivity index (χ1v) is 23.8. The number of hydrogen-bond donors (Lipinski definition) is 2. The molecule has 4 amide bonds.